The predicted molar refractivity (Wildman–Crippen MR) is 159 cm³/mol. The van der Waals surface area contributed by atoms with Gasteiger partial charge in [-0.3, -0.25) is 24.1 Å². The van der Waals surface area contributed by atoms with Gasteiger partial charge in [0, 0.05) is 18.5 Å². The van der Waals surface area contributed by atoms with E-state index in [0.29, 0.717) is 31.2 Å². The summed E-state index contributed by atoms with van der Waals surface area (Å²) in [7, 11) is 0. The summed E-state index contributed by atoms with van der Waals surface area (Å²) in [5.41, 5.74) is 3.62. The third kappa shape index (κ3) is 4.22. The Kier molecular flexibility index (Phi) is 7.48. The summed E-state index contributed by atoms with van der Waals surface area (Å²) in [6, 6.07) is 23.9. The van der Waals surface area contributed by atoms with Gasteiger partial charge in [-0.05, 0) is 41.5 Å². The maximum atomic E-state index is 13.9. The molecule has 6 nitrogen and oxygen atoms in total. The van der Waals surface area contributed by atoms with E-state index in [1.807, 2.05) is 54.6 Å². The van der Waals surface area contributed by atoms with Crippen molar-refractivity contribution in [3.05, 3.63) is 107 Å². The number of imide groups is 1. The molecule has 2 bridgehead atoms. The predicted octanol–water partition coefficient (Wildman–Crippen LogP) is 6.34. The minimum absolute atomic E-state index is 0.145. The molecular formula is C34H31Cl2NO5. The number of unbranched alkanes of at least 4 members (excludes halogenated alkanes) is 2. The van der Waals surface area contributed by atoms with Crippen LogP contribution in [-0.2, 0) is 28.9 Å². The van der Waals surface area contributed by atoms with Gasteiger partial charge >= 0.3 is 5.97 Å². The number of esters is 1. The number of hydrogen-bond donors (Lipinski definition) is 0. The highest BCUT2D eigenvalue weighted by atomic mass is 35.5. The van der Waals surface area contributed by atoms with Crippen molar-refractivity contribution in [3.63, 3.8) is 0 Å². The largest absolute Gasteiger partial charge is 0.454 e. The fourth-order valence-corrected chi connectivity index (χ4v) is 8.09. The first-order chi connectivity index (χ1) is 20.2. The molecule has 3 aliphatic carbocycles. The smallest absolute Gasteiger partial charge is 0.306 e. The lowest BCUT2D eigenvalue weighted by Gasteiger charge is -2.54. The highest BCUT2D eigenvalue weighted by Crippen LogP contribution is 2.69. The van der Waals surface area contributed by atoms with Crippen LogP contribution in [-0.4, -0.2) is 41.1 Å². The highest BCUT2D eigenvalue weighted by Gasteiger charge is 2.72. The molecule has 1 fully saturated rings. The minimum atomic E-state index is -1.19. The maximum absolute atomic E-state index is 13.9. The summed E-state index contributed by atoms with van der Waals surface area (Å²) < 4.78 is 5.47. The summed E-state index contributed by atoms with van der Waals surface area (Å²) in [5, 5.41) is 0. The summed E-state index contributed by atoms with van der Waals surface area (Å²) in [4.78, 5) is 51.8. The van der Waals surface area contributed by atoms with Crippen LogP contribution in [0.15, 0.2) is 78.9 Å². The molecule has 42 heavy (non-hydrogen) atoms. The molecule has 3 aromatic rings. The number of nitrogens with zero attached hydrogens (tertiary/aromatic N) is 1. The van der Waals surface area contributed by atoms with E-state index in [2.05, 4.69) is 0 Å². The lowest BCUT2D eigenvalue weighted by Crippen LogP contribution is -2.57. The van der Waals surface area contributed by atoms with Crippen molar-refractivity contribution >= 4 is 46.8 Å². The van der Waals surface area contributed by atoms with Gasteiger partial charge in [-0.1, -0.05) is 92.2 Å². The van der Waals surface area contributed by atoms with E-state index in [0.717, 1.165) is 22.3 Å². The molecule has 2 amide bonds. The number of alkyl halides is 2. The molecule has 8 heteroatoms. The van der Waals surface area contributed by atoms with Crippen molar-refractivity contribution in [1.29, 1.82) is 0 Å². The average molecular weight is 605 g/mol. The topological polar surface area (TPSA) is 80.8 Å². The quantitative estimate of drug-likeness (QED) is 0.0887. The van der Waals surface area contributed by atoms with Crippen LogP contribution < -0.4 is 0 Å². The Labute approximate surface area is 254 Å². The Bertz CT molecular complexity index is 1450. The molecule has 1 heterocycles. The van der Waals surface area contributed by atoms with E-state index in [9.17, 15) is 19.2 Å². The van der Waals surface area contributed by atoms with Gasteiger partial charge in [-0.25, -0.2) is 0 Å². The second-order valence-corrected chi connectivity index (χ2v) is 12.4. The number of benzene rings is 3. The summed E-state index contributed by atoms with van der Waals surface area (Å²) in [6.45, 7) is 2.02. The van der Waals surface area contributed by atoms with Crippen molar-refractivity contribution in [2.45, 2.75) is 54.9 Å². The zero-order chi connectivity index (χ0) is 29.6. The van der Waals surface area contributed by atoms with Crippen molar-refractivity contribution in [1.82, 2.24) is 4.90 Å². The van der Waals surface area contributed by atoms with Crippen LogP contribution in [0.1, 0.15) is 71.6 Å². The molecule has 0 radical (unpaired) electrons. The van der Waals surface area contributed by atoms with Gasteiger partial charge in [0.05, 0.1) is 11.8 Å². The molecule has 1 saturated heterocycles. The van der Waals surface area contributed by atoms with Crippen molar-refractivity contribution in [2.24, 2.45) is 11.8 Å². The summed E-state index contributed by atoms with van der Waals surface area (Å²) in [5.74, 6) is -2.89. The van der Waals surface area contributed by atoms with Gasteiger partial charge in [0.15, 0.2) is 6.10 Å². The standard InChI is InChI=1S/C34H31Cl2NO5/c1-2-26(30(39)21-13-5-3-6-14-21)42-27(38)19-7-4-12-20-37-31(40)28-29(32(37)41)34(36)23-16-9-8-15-22(23)33(28,35)24-17-10-11-18-25(24)34/h3,5-6,8-11,13-18,26,28-29H,2,4,7,12,19-20H2,1H3/t26-,28-,29+,33?,34?/m0/s1. The normalized spacial score (nSPS) is 25.9. The van der Waals surface area contributed by atoms with Gasteiger partial charge in [-0.2, -0.15) is 0 Å². The zero-order valence-electron chi connectivity index (χ0n) is 23.2. The van der Waals surface area contributed by atoms with Gasteiger partial charge in [0.1, 0.15) is 9.75 Å². The van der Waals surface area contributed by atoms with Crippen LogP contribution in [0.5, 0.6) is 0 Å². The van der Waals surface area contributed by atoms with Crippen LogP contribution >= 0.6 is 23.2 Å². The summed E-state index contributed by atoms with van der Waals surface area (Å²) >= 11 is 14.9. The lowest BCUT2D eigenvalue weighted by atomic mass is 9.54. The molecule has 0 aromatic heterocycles. The highest BCUT2D eigenvalue weighted by molar-refractivity contribution is 6.36. The molecule has 3 atom stereocenters. The molecule has 4 aliphatic rings. The summed E-state index contributed by atoms with van der Waals surface area (Å²) in [6.07, 6.45) is 1.34. The molecule has 0 spiro atoms. The maximum Gasteiger partial charge on any atom is 0.306 e. The number of ether oxygens (including phenoxy) is 1. The van der Waals surface area contributed by atoms with E-state index >= 15 is 0 Å². The Hall–Kier alpha value is -3.48. The molecule has 0 unspecified atom stereocenters. The number of halogens is 2. The molecule has 216 valence electrons. The van der Waals surface area contributed by atoms with E-state index in [4.69, 9.17) is 27.9 Å². The van der Waals surface area contributed by atoms with Crippen LogP contribution in [0, 0.1) is 11.8 Å². The minimum Gasteiger partial charge on any atom is -0.454 e. The molecule has 0 saturated carbocycles. The fourth-order valence-electron chi connectivity index (χ4n) is 6.99. The number of hydrogen-bond acceptors (Lipinski definition) is 5. The van der Waals surface area contributed by atoms with Crippen molar-refractivity contribution in [2.75, 3.05) is 6.54 Å². The Balaban J connectivity index is 1.10. The Morgan fingerprint density at radius 2 is 1.24 bits per heavy atom. The van der Waals surface area contributed by atoms with Crippen LogP contribution in [0.25, 0.3) is 0 Å². The number of Topliss-reactive ketones (excluding diaryl/α,β-unsaturated/α-hetero) is 1. The molecule has 1 aliphatic heterocycles. The number of ketones is 1. The second-order valence-electron chi connectivity index (χ2n) is 11.2. The fraction of sp³-hybridized carbons (Fsp3) is 0.353. The number of carbonyl (C=O) groups is 4. The van der Waals surface area contributed by atoms with Gasteiger partial charge in [-0.15, -0.1) is 23.2 Å². The molecular weight excluding hydrogens is 573 g/mol. The molecule has 0 N–H and O–H groups in total. The van der Waals surface area contributed by atoms with E-state index in [1.165, 1.54) is 4.90 Å². The van der Waals surface area contributed by atoms with E-state index < -0.39 is 33.7 Å². The Morgan fingerprint density at radius 1 is 0.762 bits per heavy atom. The number of carbonyl (C=O) groups excluding carboxylic acids is 4. The second kappa shape index (κ2) is 11.0. The first-order valence-corrected chi connectivity index (χ1v) is 15.2. The van der Waals surface area contributed by atoms with Crippen molar-refractivity contribution in [3.8, 4) is 0 Å². The van der Waals surface area contributed by atoms with Crippen LogP contribution in [0.3, 0.4) is 0 Å². The van der Waals surface area contributed by atoms with E-state index in [-0.39, 0.29) is 30.6 Å². The van der Waals surface area contributed by atoms with Gasteiger partial charge in [0.25, 0.3) is 0 Å². The van der Waals surface area contributed by atoms with Gasteiger partial charge in [0.2, 0.25) is 17.6 Å². The van der Waals surface area contributed by atoms with Crippen LogP contribution in [0.2, 0.25) is 0 Å². The SMILES string of the molecule is CC[C@H](OC(=O)CCCCCN1C(=O)[C@@H]2[C@H](C1=O)C1(Cl)c3ccccc3C2(Cl)c2ccccc21)C(=O)c1ccccc1. The molecule has 7 rings (SSSR count). The van der Waals surface area contributed by atoms with Gasteiger partial charge < -0.3 is 4.74 Å². The third-order valence-electron chi connectivity index (χ3n) is 8.93. The number of amides is 2. The Morgan fingerprint density at radius 3 is 1.71 bits per heavy atom. The monoisotopic (exact) mass is 603 g/mol. The molecule has 3 aromatic carbocycles. The lowest BCUT2D eigenvalue weighted by molar-refractivity contribution is -0.147. The number of rotatable bonds is 10. The number of likely N-dealkylation sites (tertiary alicyclic amines) is 1. The average Bonchev–Trinajstić information content (AvgIpc) is 3.28. The zero-order valence-corrected chi connectivity index (χ0v) is 24.7. The third-order valence-corrected chi connectivity index (χ3v) is 10.2. The van der Waals surface area contributed by atoms with Crippen molar-refractivity contribution < 1.29 is 23.9 Å². The first-order valence-electron chi connectivity index (χ1n) is 14.5. The van der Waals surface area contributed by atoms with Crippen LogP contribution in [0.4, 0.5) is 0 Å². The first kappa shape index (κ1) is 28.6. The van der Waals surface area contributed by atoms with E-state index in [1.54, 1.807) is 31.2 Å².